The maximum Gasteiger partial charge on any atom is 0.338 e. The van der Waals surface area contributed by atoms with Gasteiger partial charge in [-0.25, -0.2) is 9.18 Å². The van der Waals surface area contributed by atoms with Crippen molar-refractivity contribution < 1.29 is 19.4 Å². The molecule has 0 aliphatic heterocycles. The van der Waals surface area contributed by atoms with Gasteiger partial charge in [-0.05, 0) is 30.9 Å². The highest BCUT2D eigenvalue weighted by atomic mass is 19.1. The zero-order valence-electron chi connectivity index (χ0n) is 12.0. The molecule has 116 valence electrons. The second-order valence-electron chi connectivity index (χ2n) is 5.99. The number of aliphatic hydroxyl groups excluding tert-OH is 1. The average Bonchev–Trinajstić information content (AvgIpc) is 2.42. The second kappa shape index (κ2) is 5.89. The lowest BCUT2D eigenvalue weighted by atomic mass is 9.76. The van der Waals surface area contributed by atoms with E-state index in [9.17, 15) is 14.3 Å². The number of anilines is 2. The molecule has 0 saturated heterocycles. The zero-order valence-corrected chi connectivity index (χ0v) is 12.0. The standard InChI is InChI=1S/C15H21FN2O3/c1-9-3-2-4-15(7-9,8-19)18-13-6-11(16)10(14(20)21)5-12(13)17/h5-6,9,18-19H,2-4,7-8,17H2,1H3,(H,20,21). The predicted molar refractivity (Wildman–Crippen MR) is 78.8 cm³/mol. The van der Waals surface area contributed by atoms with E-state index in [1.807, 2.05) is 0 Å². The predicted octanol–water partition coefficient (Wildman–Crippen LogP) is 2.46. The van der Waals surface area contributed by atoms with Crippen molar-refractivity contribution in [1.29, 1.82) is 0 Å². The molecule has 2 unspecified atom stereocenters. The second-order valence-corrected chi connectivity index (χ2v) is 5.99. The molecule has 0 bridgehead atoms. The summed E-state index contributed by atoms with van der Waals surface area (Å²) in [5, 5.41) is 21.8. The van der Waals surface area contributed by atoms with Gasteiger partial charge in [0.2, 0.25) is 0 Å². The molecule has 0 amide bonds. The number of aromatic carboxylic acids is 1. The van der Waals surface area contributed by atoms with Gasteiger partial charge in [-0.3, -0.25) is 0 Å². The smallest absolute Gasteiger partial charge is 0.338 e. The Balaban J connectivity index is 2.30. The highest BCUT2D eigenvalue weighted by Crippen LogP contribution is 2.36. The van der Waals surface area contributed by atoms with Gasteiger partial charge in [0.25, 0.3) is 0 Å². The van der Waals surface area contributed by atoms with Crippen molar-refractivity contribution >= 4 is 17.3 Å². The maximum absolute atomic E-state index is 13.8. The van der Waals surface area contributed by atoms with Gasteiger partial charge in [-0.1, -0.05) is 19.8 Å². The number of nitrogens with one attached hydrogen (secondary N) is 1. The molecule has 1 aliphatic rings. The van der Waals surface area contributed by atoms with Crippen LogP contribution in [0.1, 0.15) is 43.0 Å². The molecule has 6 heteroatoms. The fourth-order valence-electron chi connectivity index (χ4n) is 3.10. The highest BCUT2D eigenvalue weighted by Gasteiger charge is 2.35. The molecule has 1 saturated carbocycles. The first-order valence-electron chi connectivity index (χ1n) is 7.08. The number of halogens is 1. The van der Waals surface area contributed by atoms with Crippen LogP contribution in [-0.4, -0.2) is 28.3 Å². The molecule has 0 spiro atoms. The summed E-state index contributed by atoms with van der Waals surface area (Å²) in [6.45, 7) is 2.04. The third-order valence-corrected chi connectivity index (χ3v) is 4.16. The molecule has 0 aromatic heterocycles. The fraction of sp³-hybridized carbons (Fsp3) is 0.533. The first kappa shape index (κ1) is 15.6. The molecule has 1 aromatic carbocycles. The summed E-state index contributed by atoms with van der Waals surface area (Å²) in [6, 6.07) is 2.20. The van der Waals surface area contributed by atoms with Gasteiger partial charge in [-0.2, -0.15) is 0 Å². The SMILES string of the molecule is CC1CCCC(CO)(Nc2cc(F)c(C(=O)O)cc2N)C1. The van der Waals surface area contributed by atoms with Crippen molar-refractivity contribution in [3.05, 3.63) is 23.5 Å². The van der Waals surface area contributed by atoms with E-state index in [2.05, 4.69) is 12.2 Å². The number of rotatable bonds is 4. The third-order valence-electron chi connectivity index (χ3n) is 4.16. The zero-order chi connectivity index (χ0) is 15.6. The highest BCUT2D eigenvalue weighted by molar-refractivity contribution is 5.90. The molecule has 2 rings (SSSR count). The lowest BCUT2D eigenvalue weighted by Crippen LogP contribution is -2.46. The van der Waals surface area contributed by atoms with Gasteiger partial charge in [0.1, 0.15) is 5.82 Å². The Labute approximate surface area is 123 Å². The van der Waals surface area contributed by atoms with Crippen LogP contribution in [0.4, 0.5) is 15.8 Å². The third kappa shape index (κ3) is 3.26. The molecular weight excluding hydrogens is 275 g/mol. The summed E-state index contributed by atoms with van der Waals surface area (Å²) in [5.41, 5.74) is 5.34. The molecule has 0 heterocycles. The largest absolute Gasteiger partial charge is 0.478 e. The van der Waals surface area contributed by atoms with Crippen LogP contribution in [0.3, 0.4) is 0 Å². The Bertz CT molecular complexity index is 550. The minimum Gasteiger partial charge on any atom is -0.478 e. The van der Waals surface area contributed by atoms with E-state index in [-0.39, 0.29) is 12.3 Å². The molecule has 0 radical (unpaired) electrons. The molecule has 1 aromatic rings. The monoisotopic (exact) mass is 296 g/mol. The van der Waals surface area contributed by atoms with Gasteiger partial charge in [0, 0.05) is 0 Å². The van der Waals surface area contributed by atoms with E-state index < -0.39 is 22.9 Å². The van der Waals surface area contributed by atoms with E-state index in [0.717, 1.165) is 37.8 Å². The van der Waals surface area contributed by atoms with Gasteiger partial charge < -0.3 is 21.3 Å². The summed E-state index contributed by atoms with van der Waals surface area (Å²) < 4.78 is 13.8. The summed E-state index contributed by atoms with van der Waals surface area (Å²) in [4.78, 5) is 10.9. The van der Waals surface area contributed by atoms with Crippen molar-refractivity contribution in [3.63, 3.8) is 0 Å². The molecular formula is C15H21FN2O3. The number of carboxylic acid groups (broad SMARTS) is 1. The molecule has 2 atom stereocenters. The first-order chi connectivity index (χ1) is 9.87. The van der Waals surface area contributed by atoms with Crippen molar-refractivity contribution in [2.45, 2.75) is 38.1 Å². The minimum absolute atomic E-state index is 0.0704. The van der Waals surface area contributed by atoms with Crippen LogP contribution in [0.25, 0.3) is 0 Å². The van der Waals surface area contributed by atoms with Gasteiger partial charge in [-0.15, -0.1) is 0 Å². The maximum atomic E-state index is 13.8. The minimum atomic E-state index is -1.35. The van der Waals surface area contributed by atoms with Crippen molar-refractivity contribution in [2.24, 2.45) is 5.92 Å². The van der Waals surface area contributed by atoms with Crippen molar-refractivity contribution in [3.8, 4) is 0 Å². The average molecular weight is 296 g/mol. The van der Waals surface area contributed by atoms with Crippen LogP contribution < -0.4 is 11.1 Å². The number of nitrogen functional groups attached to an aromatic ring is 1. The Hall–Kier alpha value is -1.82. The molecule has 21 heavy (non-hydrogen) atoms. The topological polar surface area (TPSA) is 95.6 Å². The van der Waals surface area contributed by atoms with Gasteiger partial charge in [0.15, 0.2) is 0 Å². The summed E-state index contributed by atoms with van der Waals surface area (Å²) in [6.07, 6.45) is 3.62. The number of aliphatic hydroxyl groups is 1. The number of benzene rings is 1. The normalized spacial score (nSPS) is 25.6. The fourth-order valence-corrected chi connectivity index (χ4v) is 3.10. The number of carboxylic acids is 1. The van der Waals surface area contributed by atoms with E-state index >= 15 is 0 Å². The van der Waals surface area contributed by atoms with E-state index in [0.29, 0.717) is 11.6 Å². The number of hydrogen-bond donors (Lipinski definition) is 4. The number of nitrogens with two attached hydrogens (primary N) is 1. The van der Waals surface area contributed by atoms with E-state index in [4.69, 9.17) is 10.8 Å². The quantitative estimate of drug-likeness (QED) is 0.640. The summed E-state index contributed by atoms with van der Waals surface area (Å²) in [7, 11) is 0. The Morgan fingerprint density at radius 2 is 2.29 bits per heavy atom. The Morgan fingerprint density at radius 3 is 2.86 bits per heavy atom. The van der Waals surface area contributed by atoms with Crippen LogP contribution in [0.2, 0.25) is 0 Å². The molecule has 1 aliphatic carbocycles. The van der Waals surface area contributed by atoms with E-state index in [1.165, 1.54) is 0 Å². The Morgan fingerprint density at radius 1 is 1.57 bits per heavy atom. The number of carbonyl (C=O) groups is 1. The van der Waals surface area contributed by atoms with Gasteiger partial charge in [0.05, 0.1) is 29.1 Å². The van der Waals surface area contributed by atoms with Crippen LogP contribution in [0, 0.1) is 11.7 Å². The van der Waals surface area contributed by atoms with Crippen LogP contribution in [0.15, 0.2) is 12.1 Å². The first-order valence-corrected chi connectivity index (χ1v) is 7.08. The van der Waals surface area contributed by atoms with Crippen molar-refractivity contribution in [1.82, 2.24) is 0 Å². The van der Waals surface area contributed by atoms with E-state index in [1.54, 1.807) is 0 Å². The Kier molecular flexibility index (Phi) is 4.37. The molecule has 1 fully saturated rings. The van der Waals surface area contributed by atoms with Gasteiger partial charge >= 0.3 is 5.97 Å². The summed E-state index contributed by atoms with van der Waals surface area (Å²) in [5.74, 6) is -1.73. The van der Waals surface area contributed by atoms with Crippen molar-refractivity contribution in [2.75, 3.05) is 17.7 Å². The van der Waals surface area contributed by atoms with Crippen LogP contribution >= 0.6 is 0 Å². The molecule has 5 N–H and O–H groups in total. The van der Waals surface area contributed by atoms with Crippen LogP contribution in [-0.2, 0) is 0 Å². The molecule has 5 nitrogen and oxygen atoms in total. The lowest BCUT2D eigenvalue weighted by Gasteiger charge is -2.40. The van der Waals surface area contributed by atoms with Crippen LogP contribution in [0.5, 0.6) is 0 Å². The lowest BCUT2D eigenvalue weighted by molar-refractivity contribution is 0.0692. The summed E-state index contributed by atoms with van der Waals surface area (Å²) >= 11 is 0. The number of hydrogen-bond acceptors (Lipinski definition) is 4.